The number of amides is 2. The molecule has 126 valence electrons. The Morgan fingerprint density at radius 1 is 1.46 bits per heavy atom. The normalized spacial score (nSPS) is 16.6. The molecule has 2 aromatic rings. The molecule has 1 aliphatic rings. The molecule has 24 heavy (non-hydrogen) atoms. The van der Waals surface area contributed by atoms with Crippen molar-refractivity contribution in [1.29, 1.82) is 0 Å². The molecule has 0 spiro atoms. The number of nitrogens with two attached hydrogens (primary N) is 1. The topological polar surface area (TPSA) is 97.5 Å². The average molecular weight is 346 g/mol. The molecule has 2 heterocycles. The second-order valence-corrected chi connectivity index (χ2v) is 6.98. The van der Waals surface area contributed by atoms with Crippen molar-refractivity contribution in [3.05, 3.63) is 28.1 Å². The number of carbonyl (C=O) groups excluding carboxylic acids is 2. The van der Waals surface area contributed by atoms with E-state index < -0.39 is 12.0 Å². The largest absolute Gasteiger partial charge is 0.479 e. The Labute approximate surface area is 143 Å². The zero-order chi connectivity index (χ0) is 17.4. The minimum absolute atomic E-state index is 0.158. The van der Waals surface area contributed by atoms with Crippen LogP contribution in [0.2, 0.25) is 0 Å². The lowest BCUT2D eigenvalue weighted by Gasteiger charge is -2.32. The minimum atomic E-state index is -0.655. The molecule has 2 amide bonds. The average Bonchev–Trinajstić information content (AvgIpc) is 2.89. The monoisotopic (exact) mass is 346 g/mol. The fourth-order valence-electron chi connectivity index (χ4n) is 2.70. The highest BCUT2D eigenvalue weighted by atomic mass is 32.1. The maximum Gasteiger partial charge on any atom is 0.268 e. The van der Waals surface area contributed by atoms with E-state index in [0.717, 1.165) is 21.1 Å². The Hall–Kier alpha value is -2.45. The summed E-state index contributed by atoms with van der Waals surface area (Å²) in [4.78, 5) is 31.1. The summed E-state index contributed by atoms with van der Waals surface area (Å²) in [5.74, 6) is 4.98. The molecule has 7 nitrogen and oxygen atoms in total. The first kappa shape index (κ1) is 16.4. The van der Waals surface area contributed by atoms with E-state index in [9.17, 15) is 9.59 Å². The van der Waals surface area contributed by atoms with Crippen molar-refractivity contribution >= 4 is 28.8 Å². The Bertz CT molecular complexity index is 818. The number of hydrogen-bond acceptors (Lipinski definition) is 6. The van der Waals surface area contributed by atoms with E-state index in [2.05, 4.69) is 10.4 Å². The smallest absolute Gasteiger partial charge is 0.268 e. The lowest BCUT2D eigenvalue weighted by Crippen LogP contribution is -2.49. The van der Waals surface area contributed by atoms with Crippen molar-refractivity contribution in [3.8, 4) is 17.0 Å². The van der Waals surface area contributed by atoms with E-state index in [1.165, 1.54) is 4.90 Å². The van der Waals surface area contributed by atoms with Gasteiger partial charge >= 0.3 is 0 Å². The van der Waals surface area contributed by atoms with Crippen LogP contribution in [-0.4, -0.2) is 29.4 Å². The van der Waals surface area contributed by atoms with Gasteiger partial charge in [0.25, 0.3) is 11.8 Å². The molecule has 0 saturated heterocycles. The predicted molar refractivity (Wildman–Crippen MR) is 91.8 cm³/mol. The first-order valence-corrected chi connectivity index (χ1v) is 8.28. The van der Waals surface area contributed by atoms with Gasteiger partial charge in [-0.3, -0.25) is 19.9 Å². The van der Waals surface area contributed by atoms with E-state index in [1.807, 2.05) is 26.0 Å². The molecular weight excluding hydrogens is 328 g/mol. The van der Waals surface area contributed by atoms with Gasteiger partial charge in [0.15, 0.2) is 6.10 Å². The van der Waals surface area contributed by atoms with E-state index in [1.54, 1.807) is 24.3 Å². The first-order chi connectivity index (χ1) is 11.4. The number of carbonyl (C=O) groups is 2. The molecule has 0 bridgehead atoms. The van der Waals surface area contributed by atoms with Crippen LogP contribution < -0.4 is 20.9 Å². The molecule has 3 N–H and O–H groups in total. The number of aromatic nitrogens is 1. The van der Waals surface area contributed by atoms with Gasteiger partial charge in [-0.1, -0.05) is 0 Å². The number of benzene rings is 1. The van der Waals surface area contributed by atoms with Crippen LogP contribution in [0.1, 0.15) is 16.8 Å². The van der Waals surface area contributed by atoms with Crippen molar-refractivity contribution in [3.63, 3.8) is 0 Å². The third-order valence-corrected chi connectivity index (χ3v) is 4.69. The Balaban J connectivity index is 2.07. The molecule has 0 saturated carbocycles. The van der Waals surface area contributed by atoms with Gasteiger partial charge < -0.3 is 4.74 Å². The second-order valence-electron chi connectivity index (χ2n) is 5.57. The lowest BCUT2D eigenvalue weighted by atomic mass is 10.1. The molecular formula is C16H18N4O3S. The lowest BCUT2D eigenvalue weighted by molar-refractivity contribution is -0.128. The fourth-order valence-corrected chi connectivity index (χ4v) is 3.54. The summed E-state index contributed by atoms with van der Waals surface area (Å²) in [7, 11) is 0. The Kier molecular flexibility index (Phi) is 4.25. The van der Waals surface area contributed by atoms with Crippen LogP contribution in [0.3, 0.4) is 0 Å². The third kappa shape index (κ3) is 2.85. The van der Waals surface area contributed by atoms with Crippen LogP contribution in [0.25, 0.3) is 11.3 Å². The Morgan fingerprint density at radius 2 is 2.21 bits per heavy atom. The molecule has 1 atom stereocenters. The van der Waals surface area contributed by atoms with Gasteiger partial charge in [0, 0.05) is 10.4 Å². The number of hydrogen-bond donors (Lipinski definition) is 2. The van der Waals surface area contributed by atoms with E-state index in [0.29, 0.717) is 11.4 Å². The molecule has 1 unspecified atom stereocenters. The molecule has 1 aromatic heterocycles. The van der Waals surface area contributed by atoms with Crippen molar-refractivity contribution < 1.29 is 14.3 Å². The van der Waals surface area contributed by atoms with E-state index in [4.69, 9.17) is 10.6 Å². The minimum Gasteiger partial charge on any atom is -0.479 e. The summed E-state index contributed by atoms with van der Waals surface area (Å²) in [6.45, 7) is 5.45. The van der Waals surface area contributed by atoms with Crippen molar-refractivity contribution in [2.24, 2.45) is 5.84 Å². The molecule has 0 fully saturated rings. The van der Waals surface area contributed by atoms with Gasteiger partial charge in [-0.05, 0) is 39.0 Å². The fraction of sp³-hybridized carbons (Fsp3) is 0.312. The van der Waals surface area contributed by atoms with E-state index in [-0.39, 0.29) is 12.5 Å². The molecule has 0 radical (unpaired) electrons. The molecule has 0 aliphatic carbocycles. The number of anilines is 1. The molecule has 8 heteroatoms. The number of hydrazine groups is 1. The highest BCUT2D eigenvalue weighted by molar-refractivity contribution is 7.11. The number of rotatable bonds is 3. The van der Waals surface area contributed by atoms with Crippen LogP contribution in [0.5, 0.6) is 5.75 Å². The third-order valence-electron chi connectivity index (χ3n) is 3.81. The standard InChI is InChI=1S/C16H18N4O3S/c1-8-16(22)20(7-14(21)19-17)12-6-11(4-5-13(12)23-8)15-9(2)24-10(3)18-15/h4-6,8H,7,17H2,1-3H3,(H,19,21). The van der Waals surface area contributed by atoms with Crippen LogP contribution in [0.4, 0.5) is 5.69 Å². The summed E-state index contributed by atoms with van der Waals surface area (Å²) < 4.78 is 5.64. The maximum atomic E-state index is 12.4. The maximum absolute atomic E-state index is 12.4. The summed E-state index contributed by atoms with van der Waals surface area (Å²) in [5, 5.41) is 0.973. The summed E-state index contributed by atoms with van der Waals surface area (Å²) in [5.41, 5.74) is 4.34. The van der Waals surface area contributed by atoms with Crippen LogP contribution in [0, 0.1) is 13.8 Å². The van der Waals surface area contributed by atoms with Gasteiger partial charge in [0.2, 0.25) is 0 Å². The summed E-state index contributed by atoms with van der Waals surface area (Å²) in [6, 6.07) is 5.53. The van der Waals surface area contributed by atoms with Gasteiger partial charge in [-0.25, -0.2) is 10.8 Å². The number of aryl methyl sites for hydroxylation is 2. The highest BCUT2D eigenvalue weighted by Gasteiger charge is 2.33. The molecule has 3 rings (SSSR count). The predicted octanol–water partition coefficient (Wildman–Crippen LogP) is 1.53. The first-order valence-electron chi connectivity index (χ1n) is 7.46. The van der Waals surface area contributed by atoms with E-state index >= 15 is 0 Å². The van der Waals surface area contributed by atoms with Gasteiger partial charge in [0.1, 0.15) is 12.3 Å². The Morgan fingerprint density at radius 3 is 2.83 bits per heavy atom. The van der Waals surface area contributed by atoms with Crippen molar-refractivity contribution in [2.75, 3.05) is 11.4 Å². The number of nitrogens with one attached hydrogen (secondary N) is 1. The van der Waals surface area contributed by atoms with Crippen molar-refractivity contribution in [2.45, 2.75) is 26.9 Å². The molecule has 1 aromatic carbocycles. The summed E-state index contributed by atoms with van der Waals surface area (Å²) >= 11 is 1.61. The quantitative estimate of drug-likeness (QED) is 0.499. The number of thiazole rings is 1. The van der Waals surface area contributed by atoms with Gasteiger partial charge in [-0.2, -0.15) is 0 Å². The summed E-state index contributed by atoms with van der Waals surface area (Å²) in [6.07, 6.45) is -0.655. The number of nitrogens with zero attached hydrogens (tertiary/aromatic N) is 2. The molecule has 1 aliphatic heterocycles. The van der Waals surface area contributed by atoms with Gasteiger partial charge in [0.05, 0.1) is 16.4 Å². The highest BCUT2D eigenvalue weighted by Crippen LogP contribution is 2.38. The van der Waals surface area contributed by atoms with Gasteiger partial charge in [-0.15, -0.1) is 11.3 Å². The SMILES string of the molecule is Cc1nc(-c2ccc3c(c2)N(CC(=O)NN)C(=O)C(C)O3)c(C)s1. The van der Waals surface area contributed by atoms with Crippen LogP contribution >= 0.6 is 11.3 Å². The number of fused-ring (bicyclic) bond motifs is 1. The zero-order valence-electron chi connectivity index (χ0n) is 13.6. The zero-order valence-corrected chi connectivity index (χ0v) is 14.4. The van der Waals surface area contributed by atoms with Crippen molar-refractivity contribution in [1.82, 2.24) is 10.4 Å². The van der Waals surface area contributed by atoms with Crippen LogP contribution in [-0.2, 0) is 9.59 Å². The van der Waals surface area contributed by atoms with Crippen LogP contribution in [0.15, 0.2) is 18.2 Å². The number of ether oxygens (including phenoxy) is 1. The second kappa shape index (κ2) is 6.21.